The second kappa shape index (κ2) is 8.28. The molecule has 1 saturated carbocycles. The third kappa shape index (κ3) is 6.16. The molecule has 3 N–H and O–H groups in total. The first-order valence-corrected chi connectivity index (χ1v) is 8.89. The lowest BCUT2D eigenvalue weighted by Gasteiger charge is -2.22. The molecular weight excluding hydrogens is 350 g/mol. The Hall–Kier alpha value is -2.77. The highest BCUT2D eigenvalue weighted by Crippen LogP contribution is 2.33. The van der Waals surface area contributed by atoms with Crippen LogP contribution < -0.4 is 16.0 Å². The minimum absolute atomic E-state index is 0.267. The van der Waals surface area contributed by atoms with E-state index in [1.54, 1.807) is 45.9 Å². The molecule has 0 radical (unpaired) electrons. The van der Waals surface area contributed by atoms with Crippen molar-refractivity contribution in [1.82, 2.24) is 5.32 Å². The number of esters is 1. The number of methoxy groups -OCH3 is 1. The van der Waals surface area contributed by atoms with Gasteiger partial charge in [-0.15, -0.1) is 0 Å². The standard InChI is InChI=1S/C19H27N3O5/c1-11(20-18(25)27-19(2,3)4)16(23)22-14-8-6-7-13(17(24)26-5)15(14)21-12-9-10-12/h6-8,11-12,21H,9-10H2,1-5H3,(H,20,25)(H,22,23)/t11-/m0/s1. The molecule has 1 aliphatic rings. The Balaban J connectivity index is 2.12. The number of nitrogens with one attached hydrogen (secondary N) is 3. The normalized spacial score (nSPS) is 14.7. The molecule has 1 aliphatic carbocycles. The highest BCUT2D eigenvalue weighted by atomic mass is 16.6. The number of carbonyl (C=O) groups is 3. The van der Waals surface area contributed by atoms with E-state index in [0.29, 0.717) is 16.9 Å². The fourth-order valence-electron chi connectivity index (χ4n) is 2.31. The number of amides is 2. The highest BCUT2D eigenvalue weighted by molar-refractivity contribution is 6.04. The molecule has 0 aliphatic heterocycles. The molecule has 27 heavy (non-hydrogen) atoms. The van der Waals surface area contributed by atoms with E-state index in [4.69, 9.17) is 9.47 Å². The van der Waals surface area contributed by atoms with E-state index >= 15 is 0 Å². The van der Waals surface area contributed by atoms with Crippen LogP contribution in [0.5, 0.6) is 0 Å². The van der Waals surface area contributed by atoms with Crippen LogP contribution in [0.15, 0.2) is 18.2 Å². The first kappa shape index (κ1) is 20.5. The largest absolute Gasteiger partial charge is 0.465 e. The molecular formula is C19H27N3O5. The Labute approximate surface area is 159 Å². The summed E-state index contributed by atoms with van der Waals surface area (Å²) in [5.74, 6) is -0.920. The van der Waals surface area contributed by atoms with Crippen LogP contribution in [0.4, 0.5) is 16.2 Å². The summed E-state index contributed by atoms with van der Waals surface area (Å²) in [5.41, 5.74) is 0.656. The van der Waals surface area contributed by atoms with Gasteiger partial charge in [-0.1, -0.05) is 6.07 Å². The number of benzene rings is 1. The molecule has 0 unspecified atom stereocenters. The topological polar surface area (TPSA) is 106 Å². The number of para-hydroxylation sites is 1. The smallest absolute Gasteiger partial charge is 0.408 e. The zero-order valence-electron chi connectivity index (χ0n) is 16.3. The van der Waals surface area contributed by atoms with Crippen molar-refractivity contribution in [2.24, 2.45) is 0 Å². The SMILES string of the molecule is COC(=O)c1cccc(NC(=O)[C@H](C)NC(=O)OC(C)(C)C)c1NC1CC1. The van der Waals surface area contributed by atoms with Crippen molar-refractivity contribution in [1.29, 1.82) is 0 Å². The zero-order valence-corrected chi connectivity index (χ0v) is 16.3. The maximum Gasteiger partial charge on any atom is 0.408 e. The summed E-state index contributed by atoms with van der Waals surface area (Å²) in [4.78, 5) is 36.4. The first-order chi connectivity index (χ1) is 12.6. The molecule has 0 heterocycles. The fourth-order valence-corrected chi connectivity index (χ4v) is 2.31. The molecule has 8 heteroatoms. The Bertz CT molecular complexity index is 723. The van der Waals surface area contributed by atoms with Gasteiger partial charge in [0.05, 0.1) is 24.0 Å². The van der Waals surface area contributed by atoms with E-state index in [2.05, 4.69) is 16.0 Å². The predicted molar refractivity (Wildman–Crippen MR) is 102 cm³/mol. The summed E-state index contributed by atoms with van der Waals surface area (Å²) in [6, 6.07) is 4.43. The quantitative estimate of drug-likeness (QED) is 0.658. The Morgan fingerprint density at radius 1 is 1.19 bits per heavy atom. The average Bonchev–Trinajstić information content (AvgIpc) is 3.37. The summed E-state index contributed by atoms with van der Waals surface area (Å²) in [5, 5.41) is 8.50. The lowest BCUT2D eigenvalue weighted by atomic mass is 10.1. The van der Waals surface area contributed by atoms with Crippen LogP contribution in [0, 0.1) is 0 Å². The van der Waals surface area contributed by atoms with Crippen molar-refractivity contribution in [3.8, 4) is 0 Å². The van der Waals surface area contributed by atoms with Crippen LogP contribution in [0.2, 0.25) is 0 Å². The zero-order chi connectivity index (χ0) is 20.2. The third-order valence-corrected chi connectivity index (χ3v) is 3.78. The number of anilines is 2. The van der Waals surface area contributed by atoms with Gasteiger partial charge in [-0.25, -0.2) is 9.59 Å². The van der Waals surface area contributed by atoms with Gasteiger partial charge in [0.25, 0.3) is 0 Å². The maximum absolute atomic E-state index is 12.5. The van der Waals surface area contributed by atoms with Crippen molar-refractivity contribution >= 4 is 29.3 Å². The van der Waals surface area contributed by atoms with Crippen molar-refractivity contribution in [2.45, 2.75) is 58.2 Å². The Morgan fingerprint density at radius 2 is 1.85 bits per heavy atom. The second-order valence-corrected chi connectivity index (χ2v) is 7.50. The number of hydrogen-bond acceptors (Lipinski definition) is 6. The molecule has 1 aromatic carbocycles. The fraction of sp³-hybridized carbons (Fsp3) is 0.526. The van der Waals surface area contributed by atoms with Gasteiger partial charge in [0.2, 0.25) is 5.91 Å². The van der Waals surface area contributed by atoms with Crippen molar-refractivity contribution in [3.63, 3.8) is 0 Å². The molecule has 0 aromatic heterocycles. The Kier molecular flexibility index (Phi) is 6.30. The number of rotatable bonds is 6. The van der Waals surface area contributed by atoms with Gasteiger partial charge in [0.1, 0.15) is 11.6 Å². The summed E-state index contributed by atoms with van der Waals surface area (Å²) in [7, 11) is 1.31. The third-order valence-electron chi connectivity index (χ3n) is 3.78. The van der Waals surface area contributed by atoms with E-state index in [0.717, 1.165) is 12.8 Å². The number of carbonyl (C=O) groups excluding carboxylic acids is 3. The van der Waals surface area contributed by atoms with Gasteiger partial charge in [-0.05, 0) is 52.7 Å². The van der Waals surface area contributed by atoms with E-state index in [9.17, 15) is 14.4 Å². The van der Waals surface area contributed by atoms with Crippen LogP contribution in [-0.2, 0) is 14.3 Å². The summed E-state index contributed by atoms with van der Waals surface area (Å²) < 4.78 is 9.98. The molecule has 2 amide bonds. The monoisotopic (exact) mass is 377 g/mol. The van der Waals surface area contributed by atoms with Gasteiger partial charge in [-0.2, -0.15) is 0 Å². The highest BCUT2D eigenvalue weighted by Gasteiger charge is 2.27. The lowest BCUT2D eigenvalue weighted by molar-refractivity contribution is -0.117. The van der Waals surface area contributed by atoms with Gasteiger partial charge in [0, 0.05) is 6.04 Å². The van der Waals surface area contributed by atoms with Crippen LogP contribution in [0.3, 0.4) is 0 Å². The minimum Gasteiger partial charge on any atom is -0.465 e. The number of alkyl carbamates (subject to hydrolysis) is 1. The van der Waals surface area contributed by atoms with Crippen molar-refractivity contribution < 1.29 is 23.9 Å². The molecule has 148 valence electrons. The predicted octanol–water partition coefficient (Wildman–Crippen LogP) is 2.90. The van der Waals surface area contributed by atoms with Gasteiger partial charge < -0.3 is 25.4 Å². The molecule has 0 bridgehead atoms. The number of ether oxygens (including phenoxy) is 2. The molecule has 8 nitrogen and oxygen atoms in total. The van der Waals surface area contributed by atoms with E-state index < -0.39 is 29.6 Å². The summed E-state index contributed by atoms with van der Waals surface area (Å²) in [6.07, 6.45) is 1.32. The van der Waals surface area contributed by atoms with Crippen molar-refractivity contribution in [2.75, 3.05) is 17.7 Å². The molecule has 0 spiro atoms. The van der Waals surface area contributed by atoms with Crippen molar-refractivity contribution in [3.05, 3.63) is 23.8 Å². The van der Waals surface area contributed by atoms with Crippen LogP contribution >= 0.6 is 0 Å². The van der Waals surface area contributed by atoms with Crippen LogP contribution in [-0.4, -0.2) is 42.8 Å². The molecule has 1 aromatic rings. The first-order valence-electron chi connectivity index (χ1n) is 8.89. The van der Waals surface area contributed by atoms with E-state index in [1.807, 2.05) is 0 Å². The van der Waals surface area contributed by atoms with E-state index in [1.165, 1.54) is 7.11 Å². The van der Waals surface area contributed by atoms with Gasteiger partial charge in [-0.3, -0.25) is 4.79 Å². The van der Waals surface area contributed by atoms with E-state index in [-0.39, 0.29) is 6.04 Å². The summed E-state index contributed by atoms with van der Waals surface area (Å²) >= 11 is 0. The second-order valence-electron chi connectivity index (χ2n) is 7.50. The molecule has 1 fully saturated rings. The maximum atomic E-state index is 12.5. The van der Waals surface area contributed by atoms with Gasteiger partial charge in [0.15, 0.2) is 0 Å². The number of hydrogen-bond donors (Lipinski definition) is 3. The minimum atomic E-state index is -0.824. The average molecular weight is 377 g/mol. The van der Waals surface area contributed by atoms with Crippen LogP contribution in [0.1, 0.15) is 50.9 Å². The van der Waals surface area contributed by atoms with Gasteiger partial charge >= 0.3 is 12.1 Å². The lowest BCUT2D eigenvalue weighted by Crippen LogP contribution is -2.44. The molecule has 1 atom stereocenters. The Morgan fingerprint density at radius 3 is 2.41 bits per heavy atom. The molecule has 0 saturated heterocycles. The molecule has 2 rings (SSSR count). The summed E-state index contributed by atoms with van der Waals surface area (Å²) in [6.45, 7) is 6.78. The van der Waals surface area contributed by atoms with Crippen LogP contribution in [0.25, 0.3) is 0 Å².